The van der Waals surface area contributed by atoms with Gasteiger partial charge in [-0.25, -0.2) is 0 Å². The molecule has 0 aliphatic carbocycles. The van der Waals surface area contributed by atoms with Crippen LogP contribution in [0.1, 0.15) is 5.56 Å². The number of nitrogens with one attached hydrogen (secondary N) is 1. The Morgan fingerprint density at radius 1 is 1.27 bits per heavy atom. The molecule has 26 heavy (non-hydrogen) atoms. The fourth-order valence-corrected chi connectivity index (χ4v) is 3.03. The standard InChI is InChI=1S/C17H15N5O3S/c1-12-7-8-14(15(9-12)22(24)25)19-16(23)10-26-17-20-18-11-21(17)13-5-3-2-4-6-13/h2-9,11H,10H2,1H3,(H,19,23). The van der Waals surface area contributed by atoms with Gasteiger partial charge < -0.3 is 5.32 Å². The quantitative estimate of drug-likeness (QED) is 0.406. The number of nitro groups is 1. The molecule has 0 spiro atoms. The van der Waals surface area contributed by atoms with Crippen LogP contribution >= 0.6 is 11.8 Å². The lowest BCUT2D eigenvalue weighted by molar-refractivity contribution is -0.384. The van der Waals surface area contributed by atoms with Crippen LogP contribution < -0.4 is 5.32 Å². The molecule has 0 radical (unpaired) electrons. The Kier molecular flexibility index (Phi) is 5.28. The molecule has 1 N–H and O–H groups in total. The summed E-state index contributed by atoms with van der Waals surface area (Å²) in [6.07, 6.45) is 1.57. The maximum absolute atomic E-state index is 12.2. The van der Waals surface area contributed by atoms with E-state index < -0.39 is 4.92 Å². The van der Waals surface area contributed by atoms with E-state index >= 15 is 0 Å². The van der Waals surface area contributed by atoms with Crippen molar-refractivity contribution in [2.24, 2.45) is 0 Å². The van der Waals surface area contributed by atoms with E-state index in [1.54, 1.807) is 23.9 Å². The molecule has 1 heterocycles. The third kappa shape index (κ3) is 4.06. The maximum atomic E-state index is 12.2. The minimum absolute atomic E-state index is 0.0521. The van der Waals surface area contributed by atoms with Crippen LogP contribution in [-0.2, 0) is 4.79 Å². The molecule has 0 saturated carbocycles. The Morgan fingerprint density at radius 3 is 2.77 bits per heavy atom. The number of carbonyl (C=O) groups is 1. The first-order valence-electron chi connectivity index (χ1n) is 7.68. The van der Waals surface area contributed by atoms with Gasteiger partial charge in [-0.05, 0) is 30.7 Å². The summed E-state index contributed by atoms with van der Waals surface area (Å²) in [6, 6.07) is 14.2. The van der Waals surface area contributed by atoms with Gasteiger partial charge in [0.2, 0.25) is 5.91 Å². The first kappa shape index (κ1) is 17.6. The number of anilines is 1. The molecule has 0 unspecified atom stereocenters. The molecule has 0 fully saturated rings. The van der Waals surface area contributed by atoms with Crippen LogP contribution in [-0.4, -0.2) is 31.3 Å². The minimum atomic E-state index is -0.512. The summed E-state index contributed by atoms with van der Waals surface area (Å²) >= 11 is 1.20. The molecule has 0 saturated heterocycles. The normalized spacial score (nSPS) is 10.5. The molecule has 8 nitrogen and oxygen atoms in total. The largest absolute Gasteiger partial charge is 0.320 e. The van der Waals surface area contributed by atoms with E-state index in [1.807, 2.05) is 30.3 Å². The van der Waals surface area contributed by atoms with Gasteiger partial charge in [0.25, 0.3) is 5.69 Å². The molecule has 132 valence electrons. The fraction of sp³-hybridized carbons (Fsp3) is 0.118. The Bertz CT molecular complexity index is 943. The summed E-state index contributed by atoms with van der Waals surface area (Å²) in [5.41, 5.74) is 1.68. The molecule has 1 aromatic heterocycles. The number of benzene rings is 2. The zero-order valence-electron chi connectivity index (χ0n) is 13.8. The number of thioether (sulfide) groups is 1. The number of aryl methyl sites for hydroxylation is 1. The summed E-state index contributed by atoms with van der Waals surface area (Å²) in [7, 11) is 0. The lowest BCUT2D eigenvalue weighted by atomic mass is 10.2. The minimum Gasteiger partial charge on any atom is -0.320 e. The first-order valence-corrected chi connectivity index (χ1v) is 8.66. The van der Waals surface area contributed by atoms with Crippen LogP contribution in [0.4, 0.5) is 11.4 Å². The third-order valence-electron chi connectivity index (χ3n) is 3.51. The van der Waals surface area contributed by atoms with Crippen LogP contribution in [0.2, 0.25) is 0 Å². The number of aromatic nitrogens is 3. The van der Waals surface area contributed by atoms with Crippen LogP contribution in [0.5, 0.6) is 0 Å². The summed E-state index contributed by atoms with van der Waals surface area (Å²) in [4.78, 5) is 22.8. The highest BCUT2D eigenvalue weighted by molar-refractivity contribution is 7.99. The van der Waals surface area contributed by atoms with Crippen molar-refractivity contribution >= 4 is 29.0 Å². The summed E-state index contributed by atoms with van der Waals surface area (Å²) < 4.78 is 1.77. The van der Waals surface area contributed by atoms with Crippen molar-refractivity contribution in [3.63, 3.8) is 0 Å². The second-order valence-corrected chi connectivity index (χ2v) is 6.38. The smallest absolute Gasteiger partial charge is 0.293 e. The van der Waals surface area contributed by atoms with E-state index in [-0.39, 0.29) is 23.0 Å². The summed E-state index contributed by atoms with van der Waals surface area (Å²) in [5, 5.41) is 22.2. The lowest BCUT2D eigenvalue weighted by Gasteiger charge is -2.08. The highest BCUT2D eigenvalue weighted by Crippen LogP contribution is 2.26. The van der Waals surface area contributed by atoms with Gasteiger partial charge in [-0.15, -0.1) is 10.2 Å². The second-order valence-electron chi connectivity index (χ2n) is 5.43. The van der Waals surface area contributed by atoms with Crippen molar-refractivity contribution in [1.29, 1.82) is 0 Å². The van der Waals surface area contributed by atoms with Gasteiger partial charge in [0.15, 0.2) is 5.16 Å². The molecule has 0 atom stereocenters. The highest BCUT2D eigenvalue weighted by Gasteiger charge is 2.17. The van der Waals surface area contributed by atoms with Gasteiger partial charge in [0.05, 0.1) is 10.7 Å². The number of amides is 1. The van der Waals surface area contributed by atoms with Crippen molar-refractivity contribution in [2.75, 3.05) is 11.1 Å². The van der Waals surface area contributed by atoms with Gasteiger partial charge in [-0.1, -0.05) is 36.0 Å². The molecule has 3 rings (SSSR count). The van der Waals surface area contributed by atoms with Crippen molar-refractivity contribution in [3.05, 3.63) is 70.5 Å². The van der Waals surface area contributed by atoms with Crippen molar-refractivity contribution < 1.29 is 9.72 Å². The first-order chi connectivity index (χ1) is 12.5. The SMILES string of the molecule is Cc1ccc(NC(=O)CSc2nncn2-c2ccccc2)c([N+](=O)[O-])c1. The van der Waals surface area contributed by atoms with E-state index in [4.69, 9.17) is 0 Å². The monoisotopic (exact) mass is 369 g/mol. The lowest BCUT2D eigenvalue weighted by Crippen LogP contribution is -2.15. The molecule has 2 aromatic carbocycles. The summed E-state index contributed by atoms with van der Waals surface area (Å²) in [5.74, 6) is -0.305. The highest BCUT2D eigenvalue weighted by atomic mass is 32.2. The molecule has 0 bridgehead atoms. The third-order valence-corrected chi connectivity index (χ3v) is 4.45. The number of hydrogen-bond donors (Lipinski definition) is 1. The molecule has 0 aliphatic heterocycles. The zero-order chi connectivity index (χ0) is 18.5. The van der Waals surface area contributed by atoms with Crippen molar-refractivity contribution in [1.82, 2.24) is 14.8 Å². The van der Waals surface area contributed by atoms with Gasteiger partial charge in [-0.2, -0.15) is 0 Å². The number of para-hydroxylation sites is 1. The van der Waals surface area contributed by atoms with Crippen LogP contribution in [0.15, 0.2) is 60.0 Å². The molecule has 9 heteroatoms. The average Bonchev–Trinajstić information content (AvgIpc) is 3.10. The molecule has 1 amide bonds. The van der Waals surface area contributed by atoms with Crippen LogP contribution in [0.3, 0.4) is 0 Å². The van der Waals surface area contributed by atoms with Gasteiger partial charge >= 0.3 is 0 Å². The average molecular weight is 369 g/mol. The number of nitrogens with zero attached hydrogens (tertiary/aromatic N) is 4. The van der Waals surface area contributed by atoms with E-state index in [0.29, 0.717) is 5.16 Å². The number of hydrogen-bond acceptors (Lipinski definition) is 6. The van der Waals surface area contributed by atoms with Gasteiger partial charge in [0, 0.05) is 11.8 Å². The van der Waals surface area contributed by atoms with Gasteiger partial charge in [0.1, 0.15) is 12.0 Å². The second kappa shape index (κ2) is 7.79. The topological polar surface area (TPSA) is 103 Å². The maximum Gasteiger partial charge on any atom is 0.293 e. The van der Waals surface area contributed by atoms with Crippen molar-refractivity contribution in [2.45, 2.75) is 12.1 Å². The van der Waals surface area contributed by atoms with E-state index in [2.05, 4.69) is 15.5 Å². The predicted octanol–water partition coefficient (Wildman–Crippen LogP) is 3.21. The number of rotatable bonds is 6. The fourth-order valence-electron chi connectivity index (χ4n) is 2.30. The number of nitro benzene ring substituents is 1. The van der Waals surface area contributed by atoms with Crippen molar-refractivity contribution in [3.8, 4) is 5.69 Å². The summed E-state index contributed by atoms with van der Waals surface area (Å²) in [6.45, 7) is 1.75. The molecule has 0 aliphatic rings. The Balaban J connectivity index is 1.68. The Morgan fingerprint density at radius 2 is 2.04 bits per heavy atom. The Hall–Kier alpha value is -3.20. The molecular weight excluding hydrogens is 354 g/mol. The van der Waals surface area contributed by atoms with E-state index in [9.17, 15) is 14.9 Å². The van der Waals surface area contributed by atoms with E-state index in [1.165, 1.54) is 23.9 Å². The predicted molar refractivity (Wildman–Crippen MR) is 98.5 cm³/mol. The molecule has 3 aromatic rings. The van der Waals surface area contributed by atoms with Crippen LogP contribution in [0, 0.1) is 17.0 Å². The van der Waals surface area contributed by atoms with Gasteiger partial charge in [-0.3, -0.25) is 19.5 Å². The van der Waals surface area contributed by atoms with E-state index in [0.717, 1.165) is 11.3 Å². The number of carbonyl (C=O) groups excluding carboxylic acids is 1. The Labute approximate surface area is 153 Å². The molecular formula is C17H15N5O3S. The van der Waals surface area contributed by atoms with Crippen LogP contribution in [0.25, 0.3) is 5.69 Å². The zero-order valence-corrected chi connectivity index (χ0v) is 14.6.